The van der Waals surface area contributed by atoms with Gasteiger partial charge in [0.05, 0.1) is 11.5 Å². The van der Waals surface area contributed by atoms with Gasteiger partial charge in [0, 0.05) is 48.6 Å². The van der Waals surface area contributed by atoms with E-state index < -0.39 is 0 Å². The van der Waals surface area contributed by atoms with Gasteiger partial charge in [0.1, 0.15) is 5.82 Å². The number of fused-ring (bicyclic) bond motifs is 1. The number of rotatable bonds is 6. The Kier molecular flexibility index (Phi) is 7.12. The van der Waals surface area contributed by atoms with Crippen LogP contribution in [0.5, 0.6) is 0 Å². The summed E-state index contributed by atoms with van der Waals surface area (Å²) >= 11 is 5.69. The molecule has 2 aliphatic heterocycles. The van der Waals surface area contributed by atoms with Gasteiger partial charge in [0.2, 0.25) is 5.91 Å². The summed E-state index contributed by atoms with van der Waals surface area (Å²) in [7, 11) is 0. The van der Waals surface area contributed by atoms with Gasteiger partial charge in [-0.15, -0.1) is 0 Å². The Morgan fingerprint density at radius 3 is 2.62 bits per heavy atom. The Bertz CT molecular complexity index is 1040. The topological polar surface area (TPSA) is 98.3 Å². The zero-order valence-corrected chi connectivity index (χ0v) is 19.0. The first-order valence-corrected chi connectivity index (χ1v) is 11.6. The van der Waals surface area contributed by atoms with Crippen LogP contribution in [0.2, 0.25) is 0 Å². The average Bonchev–Trinajstić information content (AvgIpc) is 3.33. The molecular weight excluding hydrogens is 420 g/mol. The lowest BCUT2D eigenvalue weighted by Crippen LogP contribution is -2.45. The minimum Gasteiger partial charge on any atom is -0.404 e. The quantitative estimate of drug-likeness (QED) is 0.462. The Labute approximate surface area is 194 Å². The van der Waals surface area contributed by atoms with Crippen molar-refractivity contribution in [3.8, 4) is 0 Å². The molecule has 0 spiro atoms. The number of carbonyl (C=O) groups excluding carboxylic acids is 1. The standard InChI is InChI=1S/C24H30N6OS/c25-13-21(14-26)18-3-4-19-15-27-22(12-20(19)11-18)28-24(32)17-5-9-30(10-6-17)23(31)16-29-7-1-2-8-29/h3-4,11-15,17,25H,1-2,5-10,16,26H2,(H,27,28,32). The van der Waals surface area contributed by atoms with Gasteiger partial charge in [-0.3, -0.25) is 9.69 Å². The summed E-state index contributed by atoms with van der Waals surface area (Å²) in [6.07, 6.45) is 8.66. The third kappa shape index (κ3) is 5.14. The molecule has 2 fully saturated rings. The van der Waals surface area contributed by atoms with E-state index in [-0.39, 0.29) is 11.8 Å². The highest BCUT2D eigenvalue weighted by Crippen LogP contribution is 2.24. The summed E-state index contributed by atoms with van der Waals surface area (Å²) in [6, 6.07) is 7.88. The predicted molar refractivity (Wildman–Crippen MR) is 134 cm³/mol. The van der Waals surface area contributed by atoms with Crippen molar-refractivity contribution in [1.29, 1.82) is 5.41 Å². The summed E-state index contributed by atoms with van der Waals surface area (Å²) in [5.41, 5.74) is 7.18. The molecule has 7 nitrogen and oxygen atoms in total. The second kappa shape index (κ2) is 10.2. The molecule has 4 N–H and O–H groups in total. The summed E-state index contributed by atoms with van der Waals surface area (Å²) in [5, 5.41) is 12.8. The fraction of sp³-hybridized carbons (Fsp3) is 0.417. The number of nitrogens with two attached hydrogens (primary N) is 1. The number of amides is 1. The molecular formula is C24H30N6OS. The second-order valence-corrected chi connectivity index (χ2v) is 8.97. The minimum atomic E-state index is 0.243. The van der Waals surface area contributed by atoms with Crippen LogP contribution >= 0.6 is 12.2 Å². The van der Waals surface area contributed by atoms with Gasteiger partial charge < -0.3 is 21.4 Å². The molecule has 0 unspecified atom stereocenters. The lowest BCUT2D eigenvalue weighted by atomic mass is 9.96. The molecule has 1 aromatic heterocycles. The van der Waals surface area contributed by atoms with E-state index >= 15 is 0 Å². The SMILES string of the molecule is N=CC(=CN)c1ccc2cnc(NC(=S)C3CCN(C(=O)CN4CCCC4)CC3)cc2c1. The minimum absolute atomic E-state index is 0.243. The summed E-state index contributed by atoms with van der Waals surface area (Å²) in [5.74, 6) is 1.20. The highest BCUT2D eigenvalue weighted by molar-refractivity contribution is 7.80. The van der Waals surface area contributed by atoms with Crippen LogP contribution in [0.25, 0.3) is 16.3 Å². The van der Waals surface area contributed by atoms with Crippen molar-refractivity contribution in [2.45, 2.75) is 25.7 Å². The smallest absolute Gasteiger partial charge is 0.236 e. The van der Waals surface area contributed by atoms with Crippen LogP contribution in [0.3, 0.4) is 0 Å². The number of thiocarbonyl (C=S) groups is 1. The molecule has 2 saturated heterocycles. The fourth-order valence-corrected chi connectivity index (χ4v) is 4.81. The van der Waals surface area contributed by atoms with Crippen molar-refractivity contribution in [2.75, 3.05) is 38.0 Å². The lowest BCUT2D eigenvalue weighted by Gasteiger charge is -2.33. The number of anilines is 1. The molecule has 0 aliphatic carbocycles. The van der Waals surface area contributed by atoms with E-state index in [1.165, 1.54) is 25.3 Å². The van der Waals surface area contributed by atoms with Crippen LogP contribution in [0.1, 0.15) is 31.2 Å². The molecule has 0 atom stereocenters. The van der Waals surface area contributed by atoms with E-state index in [0.29, 0.717) is 17.9 Å². The number of hydrogen-bond donors (Lipinski definition) is 3. The number of carbonyl (C=O) groups is 1. The third-order valence-corrected chi connectivity index (χ3v) is 6.85. The molecule has 0 radical (unpaired) electrons. The van der Waals surface area contributed by atoms with Gasteiger partial charge in [0.15, 0.2) is 0 Å². The van der Waals surface area contributed by atoms with E-state index in [0.717, 1.165) is 60.3 Å². The van der Waals surface area contributed by atoms with E-state index in [2.05, 4.69) is 15.2 Å². The normalized spacial score (nSPS) is 18.1. The van der Waals surface area contributed by atoms with Crippen molar-refractivity contribution in [1.82, 2.24) is 14.8 Å². The maximum absolute atomic E-state index is 12.6. The highest BCUT2D eigenvalue weighted by atomic mass is 32.1. The first-order valence-electron chi connectivity index (χ1n) is 11.2. The number of hydrogen-bond acceptors (Lipinski definition) is 6. The Hall–Kier alpha value is -2.84. The first-order chi connectivity index (χ1) is 15.6. The maximum atomic E-state index is 12.6. The van der Waals surface area contributed by atoms with Crippen LogP contribution in [-0.2, 0) is 4.79 Å². The summed E-state index contributed by atoms with van der Waals surface area (Å²) < 4.78 is 0. The predicted octanol–water partition coefficient (Wildman–Crippen LogP) is 3.26. The van der Waals surface area contributed by atoms with Gasteiger partial charge in [0.25, 0.3) is 0 Å². The second-order valence-electron chi connectivity index (χ2n) is 8.53. The van der Waals surface area contributed by atoms with E-state index in [1.807, 2.05) is 35.4 Å². The van der Waals surface area contributed by atoms with E-state index in [9.17, 15) is 4.79 Å². The average molecular weight is 451 g/mol. The van der Waals surface area contributed by atoms with Crippen LogP contribution in [-0.4, -0.2) is 64.6 Å². The molecule has 1 aromatic carbocycles. The summed E-state index contributed by atoms with van der Waals surface area (Å²) in [6.45, 7) is 4.15. The van der Waals surface area contributed by atoms with E-state index in [4.69, 9.17) is 23.4 Å². The zero-order chi connectivity index (χ0) is 22.5. The Balaban J connectivity index is 1.35. The molecule has 2 aliphatic rings. The molecule has 0 bridgehead atoms. The Morgan fingerprint density at radius 1 is 1.19 bits per heavy atom. The Morgan fingerprint density at radius 2 is 1.94 bits per heavy atom. The van der Waals surface area contributed by atoms with Gasteiger partial charge in [-0.2, -0.15) is 0 Å². The fourth-order valence-electron chi connectivity index (χ4n) is 4.47. The van der Waals surface area contributed by atoms with Crippen molar-refractivity contribution >= 4 is 51.5 Å². The maximum Gasteiger partial charge on any atom is 0.236 e. The molecule has 2 aromatic rings. The lowest BCUT2D eigenvalue weighted by molar-refractivity contribution is -0.133. The largest absolute Gasteiger partial charge is 0.404 e. The number of allylic oxidation sites excluding steroid dienone is 1. The first kappa shape index (κ1) is 22.4. The van der Waals surface area contributed by atoms with Gasteiger partial charge in [-0.1, -0.05) is 24.4 Å². The number of aromatic nitrogens is 1. The van der Waals surface area contributed by atoms with Crippen molar-refractivity contribution in [3.05, 3.63) is 42.2 Å². The molecule has 0 saturated carbocycles. The number of nitrogens with zero attached hydrogens (tertiary/aromatic N) is 3. The zero-order valence-electron chi connectivity index (χ0n) is 18.2. The van der Waals surface area contributed by atoms with Gasteiger partial charge in [-0.25, -0.2) is 4.98 Å². The van der Waals surface area contributed by atoms with Crippen molar-refractivity contribution < 1.29 is 4.79 Å². The van der Waals surface area contributed by atoms with Gasteiger partial charge in [-0.05, 0) is 61.9 Å². The third-order valence-electron chi connectivity index (χ3n) is 6.42. The summed E-state index contributed by atoms with van der Waals surface area (Å²) in [4.78, 5) is 22.1. The molecule has 1 amide bonds. The van der Waals surface area contributed by atoms with Crippen molar-refractivity contribution in [2.24, 2.45) is 11.7 Å². The van der Waals surface area contributed by atoms with E-state index in [1.54, 1.807) is 0 Å². The number of nitrogens with one attached hydrogen (secondary N) is 2. The molecule has 4 rings (SSSR count). The van der Waals surface area contributed by atoms with Crippen LogP contribution in [0.15, 0.2) is 36.7 Å². The number of benzene rings is 1. The molecule has 32 heavy (non-hydrogen) atoms. The highest BCUT2D eigenvalue weighted by Gasteiger charge is 2.27. The molecule has 8 heteroatoms. The molecule has 3 heterocycles. The van der Waals surface area contributed by atoms with Crippen LogP contribution < -0.4 is 11.1 Å². The van der Waals surface area contributed by atoms with Crippen molar-refractivity contribution in [3.63, 3.8) is 0 Å². The number of piperidine rings is 1. The van der Waals surface area contributed by atoms with Crippen LogP contribution in [0.4, 0.5) is 5.82 Å². The van der Waals surface area contributed by atoms with Gasteiger partial charge >= 0.3 is 0 Å². The van der Waals surface area contributed by atoms with Crippen LogP contribution in [0, 0.1) is 11.3 Å². The number of pyridine rings is 1. The monoisotopic (exact) mass is 450 g/mol. The number of likely N-dealkylation sites (tertiary alicyclic amines) is 2. The molecule has 168 valence electrons.